The minimum atomic E-state index is -1.27. The summed E-state index contributed by atoms with van der Waals surface area (Å²) in [5.74, 6) is -1.42. The molecule has 0 aliphatic carbocycles. The molecule has 0 aliphatic rings. The first-order valence-electron chi connectivity index (χ1n) is 5.46. The van der Waals surface area contributed by atoms with Gasteiger partial charge in [-0.3, -0.25) is 4.79 Å². The van der Waals surface area contributed by atoms with E-state index in [1.165, 1.54) is 25.8 Å². The number of carboxylic acid groups (broad SMARTS) is 1. The average Bonchev–Trinajstić information content (AvgIpc) is 2.30. The number of carboxylic acids is 1. The number of likely N-dealkylation sites (N-methyl/N-ethyl adjacent to an activating group) is 1. The van der Waals surface area contributed by atoms with Crippen LogP contribution in [0.4, 0.5) is 0 Å². The van der Waals surface area contributed by atoms with E-state index in [1.807, 2.05) is 0 Å². The third kappa shape index (κ3) is 2.48. The molecule has 0 bridgehead atoms. The van der Waals surface area contributed by atoms with Gasteiger partial charge in [-0.2, -0.15) is 0 Å². The Labute approximate surface area is 111 Å². The van der Waals surface area contributed by atoms with Crippen molar-refractivity contribution in [2.75, 3.05) is 7.05 Å². The minimum absolute atomic E-state index is 0.359. The van der Waals surface area contributed by atoms with Crippen molar-refractivity contribution < 1.29 is 14.7 Å². The Bertz CT molecular complexity index is 497. The van der Waals surface area contributed by atoms with Gasteiger partial charge in [0.25, 0.3) is 5.91 Å². The minimum Gasteiger partial charge on any atom is -0.480 e. The molecular weight excluding hydrogens is 254 g/mol. The number of amides is 1. The Morgan fingerprint density at radius 3 is 2.39 bits per heavy atom. The Kier molecular flexibility index (Phi) is 4.02. The zero-order chi connectivity index (χ0) is 14.1. The molecule has 98 valence electrons. The van der Waals surface area contributed by atoms with E-state index >= 15 is 0 Å². The lowest BCUT2D eigenvalue weighted by Crippen LogP contribution is -2.50. The molecule has 0 spiro atoms. The highest BCUT2D eigenvalue weighted by Gasteiger charge is 2.36. The van der Waals surface area contributed by atoms with Gasteiger partial charge in [0.05, 0.1) is 0 Å². The summed E-state index contributed by atoms with van der Waals surface area (Å²) in [5.41, 5.74) is -0.206. The van der Waals surface area contributed by atoms with Crippen molar-refractivity contribution in [3.05, 3.63) is 34.3 Å². The number of rotatable bonds is 3. The van der Waals surface area contributed by atoms with E-state index in [0.29, 0.717) is 16.1 Å². The molecule has 0 radical (unpaired) electrons. The Morgan fingerprint density at radius 2 is 1.89 bits per heavy atom. The molecule has 0 fully saturated rings. The SMILES string of the molecule is Cc1c(Cl)cccc1C(=O)N(C)C(C)(C)C(=O)O. The fourth-order valence-corrected chi connectivity index (χ4v) is 1.59. The van der Waals surface area contributed by atoms with Crippen LogP contribution in [0.25, 0.3) is 0 Å². The molecular formula is C13H16ClNO3. The van der Waals surface area contributed by atoms with Crippen LogP contribution in [0.15, 0.2) is 18.2 Å². The smallest absolute Gasteiger partial charge is 0.329 e. The molecule has 4 nitrogen and oxygen atoms in total. The third-order valence-electron chi connectivity index (χ3n) is 3.16. The maximum atomic E-state index is 12.3. The van der Waals surface area contributed by atoms with E-state index in [9.17, 15) is 9.59 Å². The Morgan fingerprint density at radius 1 is 1.33 bits per heavy atom. The number of hydrogen-bond donors (Lipinski definition) is 1. The predicted molar refractivity (Wildman–Crippen MR) is 70.0 cm³/mol. The van der Waals surface area contributed by atoms with Crippen LogP contribution < -0.4 is 0 Å². The zero-order valence-electron chi connectivity index (χ0n) is 10.8. The van der Waals surface area contributed by atoms with Crippen LogP contribution in [0.3, 0.4) is 0 Å². The summed E-state index contributed by atoms with van der Waals surface area (Å²) >= 11 is 5.95. The van der Waals surface area contributed by atoms with Gasteiger partial charge in [0.15, 0.2) is 0 Å². The van der Waals surface area contributed by atoms with E-state index in [0.717, 1.165) is 0 Å². The molecule has 5 heteroatoms. The van der Waals surface area contributed by atoms with Gasteiger partial charge in [-0.1, -0.05) is 17.7 Å². The molecule has 0 atom stereocenters. The number of nitrogens with zero attached hydrogens (tertiary/aromatic N) is 1. The lowest BCUT2D eigenvalue weighted by molar-refractivity contribution is -0.147. The second kappa shape index (κ2) is 4.98. The highest BCUT2D eigenvalue weighted by atomic mass is 35.5. The highest BCUT2D eigenvalue weighted by molar-refractivity contribution is 6.31. The van der Waals surface area contributed by atoms with Crippen LogP contribution in [0, 0.1) is 6.92 Å². The van der Waals surface area contributed by atoms with Crippen LogP contribution >= 0.6 is 11.6 Å². The lowest BCUT2D eigenvalue weighted by atomic mass is 10.0. The number of carbonyl (C=O) groups excluding carboxylic acids is 1. The average molecular weight is 270 g/mol. The largest absolute Gasteiger partial charge is 0.480 e. The number of halogens is 1. The number of aliphatic carboxylic acids is 1. The summed E-state index contributed by atoms with van der Waals surface area (Å²) < 4.78 is 0. The van der Waals surface area contributed by atoms with Gasteiger partial charge in [-0.05, 0) is 38.5 Å². The first-order chi connectivity index (χ1) is 8.19. The lowest BCUT2D eigenvalue weighted by Gasteiger charge is -2.32. The van der Waals surface area contributed by atoms with Crippen LogP contribution in [0.1, 0.15) is 29.8 Å². The van der Waals surface area contributed by atoms with E-state index in [1.54, 1.807) is 25.1 Å². The van der Waals surface area contributed by atoms with Gasteiger partial charge >= 0.3 is 5.97 Å². The Hall–Kier alpha value is -1.55. The normalized spacial score (nSPS) is 11.2. The van der Waals surface area contributed by atoms with Crippen molar-refractivity contribution >= 4 is 23.5 Å². The topological polar surface area (TPSA) is 57.6 Å². The summed E-state index contributed by atoms with van der Waals surface area (Å²) in [7, 11) is 1.47. The van der Waals surface area contributed by atoms with Crippen molar-refractivity contribution in [2.24, 2.45) is 0 Å². The molecule has 1 amide bonds. The summed E-state index contributed by atoms with van der Waals surface area (Å²) in [6.45, 7) is 4.69. The molecule has 1 rings (SSSR count). The summed E-state index contributed by atoms with van der Waals surface area (Å²) in [4.78, 5) is 24.6. The third-order valence-corrected chi connectivity index (χ3v) is 3.57. The maximum Gasteiger partial charge on any atom is 0.329 e. The van der Waals surface area contributed by atoms with Crippen molar-refractivity contribution in [3.8, 4) is 0 Å². The summed E-state index contributed by atoms with van der Waals surface area (Å²) in [5, 5.41) is 9.60. The highest BCUT2D eigenvalue weighted by Crippen LogP contribution is 2.22. The molecule has 1 N–H and O–H groups in total. The van der Waals surface area contributed by atoms with Gasteiger partial charge in [0.2, 0.25) is 0 Å². The van der Waals surface area contributed by atoms with E-state index in [-0.39, 0.29) is 5.91 Å². The first kappa shape index (κ1) is 14.5. The number of benzene rings is 1. The van der Waals surface area contributed by atoms with Gasteiger partial charge in [-0.25, -0.2) is 4.79 Å². The maximum absolute atomic E-state index is 12.3. The van der Waals surface area contributed by atoms with Gasteiger partial charge in [-0.15, -0.1) is 0 Å². The van der Waals surface area contributed by atoms with E-state index in [4.69, 9.17) is 16.7 Å². The van der Waals surface area contributed by atoms with Crippen LogP contribution in [-0.4, -0.2) is 34.5 Å². The summed E-state index contributed by atoms with van der Waals surface area (Å²) in [6.07, 6.45) is 0. The van der Waals surface area contributed by atoms with Crippen LogP contribution in [0.5, 0.6) is 0 Å². The van der Waals surface area contributed by atoms with Crippen LogP contribution in [-0.2, 0) is 4.79 Å². The fraction of sp³-hybridized carbons (Fsp3) is 0.385. The molecule has 0 unspecified atom stereocenters. The van der Waals surface area contributed by atoms with Gasteiger partial charge in [0, 0.05) is 17.6 Å². The van der Waals surface area contributed by atoms with Crippen molar-refractivity contribution in [2.45, 2.75) is 26.3 Å². The van der Waals surface area contributed by atoms with Crippen molar-refractivity contribution in [3.63, 3.8) is 0 Å². The second-order valence-corrected chi connectivity index (χ2v) is 5.05. The molecule has 1 aromatic carbocycles. The molecule has 0 aromatic heterocycles. The number of carbonyl (C=O) groups is 2. The zero-order valence-corrected chi connectivity index (χ0v) is 11.6. The summed E-state index contributed by atoms with van der Waals surface area (Å²) in [6, 6.07) is 5.00. The van der Waals surface area contributed by atoms with Crippen LogP contribution in [0.2, 0.25) is 5.02 Å². The first-order valence-corrected chi connectivity index (χ1v) is 5.84. The molecule has 0 saturated carbocycles. The van der Waals surface area contributed by atoms with Gasteiger partial charge < -0.3 is 10.0 Å². The van der Waals surface area contributed by atoms with E-state index < -0.39 is 11.5 Å². The van der Waals surface area contributed by atoms with Crippen molar-refractivity contribution in [1.82, 2.24) is 4.90 Å². The van der Waals surface area contributed by atoms with Gasteiger partial charge in [0.1, 0.15) is 5.54 Å². The molecule has 1 aromatic rings. The Balaban J connectivity index is 3.16. The fourth-order valence-electron chi connectivity index (χ4n) is 1.42. The predicted octanol–water partition coefficient (Wildman–Crippen LogP) is 2.58. The molecule has 0 heterocycles. The standard InChI is InChI=1S/C13H16ClNO3/c1-8-9(6-5-7-10(8)14)11(16)15(4)13(2,3)12(17)18/h5-7H,1-4H3,(H,17,18). The second-order valence-electron chi connectivity index (χ2n) is 4.64. The molecule has 0 aliphatic heterocycles. The van der Waals surface area contributed by atoms with E-state index in [2.05, 4.69) is 0 Å². The number of hydrogen-bond acceptors (Lipinski definition) is 2. The molecule has 0 saturated heterocycles. The molecule has 18 heavy (non-hydrogen) atoms. The van der Waals surface area contributed by atoms with Crippen molar-refractivity contribution in [1.29, 1.82) is 0 Å². The monoisotopic (exact) mass is 269 g/mol. The quantitative estimate of drug-likeness (QED) is 0.918.